The lowest BCUT2D eigenvalue weighted by atomic mass is 9.92. The van der Waals surface area contributed by atoms with E-state index in [0.29, 0.717) is 6.61 Å². The second kappa shape index (κ2) is 3.75. The van der Waals surface area contributed by atoms with E-state index in [4.69, 9.17) is 5.11 Å². The van der Waals surface area contributed by atoms with Crippen LogP contribution in [0.15, 0.2) is 0 Å². The Balaban J connectivity index is 1.94. The summed E-state index contributed by atoms with van der Waals surface area (Å²) >= 11 is 0. The second-order valence-corrected chi connectivity index (χ2v) is 4.16. The highest BCUT2D eigenvalue weighted by molar-refractivity contribution is 4.88. The number of fused-ring (bicyclic) bond motifs is 1. The molecule has 2 nitrogen and oxygen atoms in total. The van der Waals surface area contributed by atoms with E-state index < -0.39 is 0 Å². The Labute approximate surface area is 74.6 Å². The molecular formula is C10H19NO. The molecular weight excluding hydrogens is 150 g/mol. The Kier molecular flexibility index (Phi) is 2.66. The number of aliphatic hydroxyl groups is 1. The van der Waals surface area contributed by atoms with Crippen molar-refractivity contribution >= 4 is 0 Å². The van der Waals surface area contributed by atoms with Crippen LogP contribution in [-0.4, -0.2) is 35.7 Å². The van der Waals surface area contributed by atoms with Crippen LogP contribution in [0, 0.1) is 5.92 Å². The predicted octanol–water partition coefficient (Wildman–Crippen LogP) is 1.24. The molecule has 0 bridgehead atoms. The van der Waals surface area contributed by atoms with Gasteiger partial charge in [-0.1, -0.05) is 6.42 Å². The van der Waals surface area contributed by atoms with Gasteiger partial charge in [-0.05, 0) is 38.1 Å². The summed E-state index contributed by atoms with van der Waals surface area (Å²) in [5, 5.41) is 8.90. The Bertz CT molecular complexity index is 147. The number of hydrogen-bond acceptors (Lipinski definition) is 2. The lowest BCUT2D eigenvalue weighted by Crippen LogP contribution is -2.43. The summed E-state index contributed by atoms with van der Waals surface area (Å²) in [5.74, 6) is 0.963. The van der Waals surface area contributed by atoms with Crippen molar-refractivity contribution in [3.63, 3.8) is 0 Å². The highest BCUT2D eigenvalue weighted by Crippen LogP contribution is 2.36. The van der Waals surface area contributed by atoms with Gasteiger partial charge < -0.3 is 5.11 Å². The third kappa shape index (κ3) is 1.50. The van der Waals surface area contributed by atoms with Gasteiger partial charge in [0.1, 0.15) is 0 Å². The molecule has 1 aliphatic carbocycles. The molecule has 0 amide bonds. The van der Waals surface area contributed by atoms with Crippen molar-refractivity contribution in [1.82, 2.24) is 4.90 Å². The standard InChI is InChI=1S/C10H19NO/c12-8-7-11-6-2-4-9-3-1-5-10(9)11/h9-10,12H,1-8H2. The maximum absolute atomic E-state index is 8.90. The van der Waals surface area contributed by atoms with E-state index in [-0.39, 0.29) is 0 Å². The maximum atomic E-state index is 8.90. The number of rotatable bonds is 2. The number of hydrogen-bond donors (Lipinski definition) is 1. The molecule has 1 heterocycles. The van der Waals surface area contributed by atoms with E-state index in [1.165, 1.54) is 38.6 Å². The largest absolute Gasteiger partial charge is 0.395 e. The fourth-order valence-corrected chi connectivity index (χ4v) is 2.96. The van der Waals surface area contributed by atoms with Crippen LogP contribution < -0.4 is 0 Å². The summed E-state index contributed by atoms with van der Waals surface area (Å²) in [7, 11) is 0. The molecule has 1 aliphatic heterocycles. The van der Waals surface area contributed by atoms with Crippen LogP contribution in [0.3, 0.4) is 0 Å². The Hall–Kier alpha value is -0.0800. The molecule has 2 fully saturated rings. The summed E-state index contributed by atoms with van der Waals surface area (Å²) in [4.78, 5) is 2.50. The van der Waals surface area contributed by atoms with Crippen molar-refractivity contribution in [3.8, 4) is 0 Å². The molecule has 70 valence electrons. The van der Waals surface area contributed by atoms with Crippen molar-refractivity contribution < 1.29 is 5.11 Å². The molecule has 1 saturated heterocycles. The molecule has 2 aliphatic rings. The van der Waals surface area contributed by atoms with Gasteiger partial charge >= 0.3 is 0 Å². The molecule has 0 aromatic rings. The number of nitrogens with zero attached hydrogens (tertiary/aromatic N) is 1. The first-order chi connectivity index (χ1) is 5.92. The fourth-order valence-electron chi connectivity index (χ4n) is 2.96. The number of β-amino-alcohol motifs (C(OH)–C–C–N with tert-alkyl or cyclic N) is 1. The minimum atomic E-state index is 0.337. The zero-order valence-electron chi connectivity index (χ0n) is 7.71. The van der Waals surface area contributed by atoms with Crippen molar-refractivity contribution in [3.05, 3.63) is 0 Å². The Morgan fingerprint density at radius 3 is 2.83 bits per heavy atom. The average Bonchev–Trinajstić information content (AvgIpc) is 2.53. The molecule has 0 aromatic heterocycles. The lowest BCUT2D eigenvalue weighted by Gasteiger charge is -2.37. The van der Waals surface area contributed by atoms with Gasteiger partial charge in [0.25, 0.3) is 0 Å². The average molecular weight is 169 g/mol. The SMILES string of the molecule is OCCN1CCCC2CCCC21. The molecule has 12 heavy (non-hydrogen) atoms. The predicted molar refractivity (Wildman–Crippen MR) is 49.0 cm³/mol. The fraction of sp³-hybridized carbons (Fsp3) is 1.00. The minimum Gasteiger partial charge on any atom is -0.395 e. The summed E-state index contributed by atoms with van der Waals surface area (Å²) in [6.45, 7) is 2.46. The molecule has 0 spiro atoms. The summed E-state index contributed by atoms with van der Waals surface area (Å²) < 4.78 is 0. The van der Waals surface area contributed by atoms with E-state index >= 15 is 0 Å². The molecule has 2 unspecified atom stereocenters. The maximum Gasteiger partial charge on any atom is 0.0558 e. The third-order valence-corrected chi connectivity index (χ3v) is 3.50. The van der Waals surface area contributed by atoms with Crippen LogP contribution in [0.1, 0.15) is 32.1 Å². The van der Waals surface area contributed by atoms with Crippen LogP contribution in [0.4, 0.5) is 0 Å². The van der Waals surface area contributed by atoms with Gasteiger partial charge in [0.05, 0.1) is 6.61 Å². The highest BCUT2D eigenvalue weighted by Gasteiger charge is 2.34. The first kappa shape index (κ1) is 8.52. The monoisotopic (exact) mass is 169 g/mol. The van der Waals surface area contributed by atoms with Crippen LogP contribution in [0.2, 0.25) is 0 Å². The Morgan fingerprint density at radius 1 is 1.17 bits per heavy atom. The number of piperidine rings is 1. The first-order valence-electron chi connectivity index (χ1n) is 5.26. The molecule has 1 saturated carbocycles. The van der Waals surface area contributed by atoms with Gasteiger partial charge in [-0.15, -0.1) is 0 Å². The van der Waals surface area contributed by atoms with Crippen LogP contribution in [-0.2, 0) is 0 Å². The Morgan fingerprint density at radius 2 is 2.00 bits per heavy atom. The summed E-state index contributed by atoms with van der Waals surface area (Å²) in [5.41, 5.74) is 0. The van der Waals surface area contributed by atoms with Gasteiger partial charge in [0.2, 0.25) is 0 Å². The van der Waals surface area contributed by atoms with Crippen molar-refractivity contribution in [1.29, 1.82) is 0 Å². The van der Waals surface area contributed by atoms with Crippen LogP contribution >= 0.6 is 0 Å². The van der Waals surface area contributed by atoms with Gasteiger partial charge in [-0.3, -0.25) is 4.90 Å². The minimum absolute atomic E-state index is 0.337. The number of aliphatic hydroxyl groups excluding tert-OH is 1. The zero-order chi connectivity index (χ0) is 8.39. The van der Waals surface area contributed by atoms with Gasteiger partial charge in [-0.25, -0.2) is 0 Å². The second-order valence-electron chi connectivity index (χ2n) is 4.16. The number of likely N-dealkylation sites (tertiary alicyclic amines) is 1. The molecule has 2 rings (SSSR count). The molecule has 2 atom stereocenters. The van der Waals surface area contributed by atoms with E-state index in [1.807, 2.05) is 0 Å². The van der Waals surface area contributed by atoms with Gasteiger partial charge in [0.15, 0.2) is 0 Å². The highest BCUT2D eigenvalue weighted by atomic mass is 16.3. The smallest absolute Gasteiger partial charge is 0.0558 e. The first-order valence-corrected chi connectivity index (χ1v) is 5.26. The van der Waals surface area contributed by atoms with Gasteiger partial charge in [-0.2, -0.15) is 0 Å². The van der Waals surface area contributed by atoms with E-state index in [9.17, 15) is 0 Å². The van der Waals surface area contributed by atoms with Crippen molar-refractivity contribution in [2.45, 2.75) is 38.1 Å². The van der Waals surface area contributed by atoms with Crippen molar-refractivity contribution in [2.24, 2.45) is 5.92 Å². The van der Waals surface area contributed by atoms with E-state index in [2.05, 4.69) is 4.90 Å². The third-order valence-electron chi connectivity index (χ3n) is 3.50. The van der Waals surface area contributed by atoms with E-state index in [0.717, 1.165) is 18.5 Å². The van der Waals surface area contributed by atoms with Gasteiger partial charge in [0, 0.05) is 12.6 Å². The molecule has 1 N–H and O–H groups in total. The summed E-state index contributed by atoms with van der Waals surface area (Å²) in [6, 6.07) is 0.825. The zero-order valence-corrected chi connectivity index (χ0v) is 7.71. The molecule has 0 radical (unpaired) electrons. The lowest BCUT2D eigenvalue weighted by molar-refractivity contribution is 0.0904. The van der Waals surface area contributed by atoms with Crippen LogP contribution in [0.5, 0.6) is 0 Å². The van der Waals surface area contributed by atoms with Crippen LogP contribution in [0.25, 0.3) is 0 Å². The quantitative estimate of drug-likeness (QED) is 0.672. The van der Waals surface area contributed by atoms with Crippen molar-refractivity contribution in [2.75, 3.05) is 19.7 Å². The molecule has 2 heteroatoms. The summed E-state index contributed by atoms with van der Waals surface area (Å²) in [6.07, 6.45) is 7.02. The topological polar surface area (TPSA) is 23.5 Å². The normalized spacial score (nSPS) is 36.8. The molecule has 0 aromatic carbocycles. The van der Waals surface area contributed by atoms with E-state index in [1.54, 1.807) is 0 Å².